The lowest BCUT2D eigenvalue weighted by molar-refractivity contribution is 1.60. The summed E-state index contributed by atoms with van der Waals surface area (Å²) in [6, 6.07) is 31.7. The first-order valence-electron chi connectivity index (χ1n) is 8.57. The molecule has 0 radical (unpaired) electrons. The van der Waals surface area contributed by atoms with Crippen molar-refractivity contribution in [2.45, 2.75) is 0 Å². The molecule has 0 nitrogen and oxygen atoms in total. The summed E-state index contributed by atoms with van der Waals surface area (Å²) in [7, 11) is 0. The summed E-state index contributed by atoms with van der Waals surface area (Å²) in [6.07, 6.45) is 0. The van der Waals surface area contributed by atoms with Crippen LogP contribution in [0.2, 0.25) is 5.02 Å². The second-order valence-electron chi connectivity index (χ2n) is 6.31. The third-order valence-electron chi connectivity index (χ3n) is 4.77. The Bertz CT molecular complexity index is 1240. The molecule has 2 heteroatoms. The third kappa shape index (κ3) is 2.44. The maximum atomic E-state index is 6.65. The molecular formula is C24H15ClS. The Balaban J connectivity index is 1.86. The second-order valence-corrected chi connectivity index (χ2v) is 7.77. The van der Waals surface area contributed by atoms with Crippen LogP contribution < -0.4 is 0 Å². The van der Waals surface area contributed by atoms with E-state index >= 15 is 0 Å². The highest BCUT2D eigenvalue weighted by atomic mass is 35.5. The van der Waals surface area contributed by atoms with Crippen molar-refractivity contribution >= 4 is 43.1 Å². The largest absolute Gasteiger partial charge is 0.135 e. The first kappa shape index (κ1) is 15.6. The van der Waals surface area contributed by atoms with E-state index in [1.165, 1.54) is 31.3 Å². The van der Waals surface area contributed by atoms with Gasteiger partial charge in [-0.25, -0.2) is 0 Å². The molecule has 0 aliphatic heterocycles. The number of rotatable bonds is 2. The van der Waals surface area contributed by atoms with Crippen LogP contribution in [-0.4, -0.2) is 0 Å². The molecule has 5 rings (SSSR count). The van der Waals surface area contributed by atoms with Gasteiger partial charge in [-0.3, -0.25) is 0 Å². The van der Waals surface area contributed by atoms with Gasteiger partial charge >= 0.3 is 0 Å². The normalized spacial score (nSPS) is 11.3. The Labute approximate surface area is 161 Å². The van der Waals surface area contributed by atoms with E-state index in [0.717, 1.165) is 16.1 Å². The number of thiophene rings is 1. The van der Waals surface area contributed by atoms with Crippen LogP contribution in [-0.2, 0) is 0 Å². The SMILES string of the molecule is Clc1cccc(-c2cccc3c2sc2ccccc23)c1-c1ccccc1. The van der Waals surface area contributed by atoms with Crippen molar-refractivity contribution in [3.8, 4) is 22.3 Å². The van der Waals surface area contributed by atoms with Crippen LogP contribution in [0, 0.1) is 0 Å². The van der Waals surface area contributed by atoms with E-state index in [1.807, 2.05) is 29.5 Å². The average molecular weight is 371 g/mol. The Morgan fingerprint density at radius 3 is 2.15 bits per heavy atom. The Morgan fingerprint density at radius 1 is 0.577 bits per heavy atom. The van der Waals surface area contributed by atoms with Gasteiger partial charge in [0.2, 0.25) is 0 Å². The number of halogens is 1. The summed E-state index contributed by atoms with van der Waals surface area (Å²) in [5, 5.41) is 3.41. The number of hydrogen-bond donors (Lipinski definition) is 0. The predicted octanol–water partition coefficient (Wildman–Crippen LogP) is 8.04. The quantitative estimate of drug-likeness (QED) is 0.295. The van der Waals surface area contributed by atoms with Gasteiger partial charge in [-0.2, -0.15) is 0 Å². The highest BCUT2D eigenvalue weighted by Gasteiger charge is 2.15. The molecule has 0 aliphatic carbocycles. The third-order valence-corrected chi connectivity index (χ3v) is 6.31. The summed E-state index contributed by atoms with van der Waals surface area (Å²) in [4.78, 5) is 0. The zero-order valence-corrected chi connectivity index (χ0v) is 15.5. The molecule has 0 saturated carbocycles. The predicted molar refractivity (Wildman–Crippen MR) is 115 cm³/mol. The lowest BCUT2D eigenvalue weighted by atomic mass is 9.93. The molecule has 5 aromatic rings. The lowest BCUT2D eigenvalue weighted by Gasteiger charge is -2.13. The van der Waals surface area contributed by atoms with Crippen molar-refractivity contribution in [3.05, 3.63) is 96.0 Å². The number of hydrogen-bond acceptors (Lipinski definition) is 1. The minimum absolute atomic E-state index is 0.784. The summed E-state index contributed by atoms with van der Waals surface area (Å²) < 4.78 is 2.63. The number of benzene rings is 4. The standard InChI is InChI=1S/C24H15ClS/c25-21-14-7-11-18(23(21)16-8-2-1-3-9-16)20-13-6-12-19-17-10-4-5-15-22(17)26-24(19)20/h1-15H. The van der Waals surface area contributed by atoms with Crippen molar-refractivity contribution in [3.63, 3.8) is 0 Å². The van der Waals surface area contributed by atoms with Gasteiger partial charge in [0, 0.05) is 36.3 Å². The van der Waals surface area contributed by atoms with Gasteiger partial charge in [-0.1, -0.05) is 90.5 Å². The monoisotopic (exact) mass is 370 g/mol. The average Bonchev–Trinajstić information content (AvgIpc) is 3.07. The molecule has 0 saturated heterocycles. The van der Waals surface area contributed by atoms with Gasteiger partial charge in [0.15, 0.2) is 0 Å². The minimum atomic E-state index is 0.784. The fraction of sp³-hybridized carbons (Fsp3) is 0. The lowest BCUT2D eigenvalue weighted by Crippen LogP contribution is -1.87. The molecule has 4 aromatic carbocycles. The smallest absolute Gasteiger partial charge is 0.0490 e. The molecule has 1 heterocycles. The van der Waals surface area contributed by atoms with Gasteiger partial charge in [-0.15, -0.1) is 11.3 Å². The zero-order valence-electron chi connectivity index (χ0n) is 13.9. The Hall–Kier alpha value is -2.61. The van der Waals surface area contributed by atoms with E-state index in [2.05, 4.69) is 72.8 Å². The Kier molecular flexibility index (Phi) is 3.77. The number of fused-ring (bicyclic) bond motifs is 3. The van der Waals surface area contributed by atoms with Crippen LogP contribution in [0.25, 0.3) is 42.4 Å². The molecule has 0 unspecified atom stereocenters. The molecular weight excluding hydrogens is 356 g/mol. The van der Waals surface area contributed by atoms with E-state index in [0.29, 0.717) is 0 Å². The summed E-state index contributed by atoms with van der Waals surface area (Å²) in [5.74, 6) is 0. The summed E-state index contributed by atoms with van der Waals surface area (Å²) in [5.41, 5.74) is 4.66. The second kappa shape index (κ2) is 6.28. The van der Waals surface area contributed by atoms with E-state index in [9.17, 15) is 0 Å². The highest BCUT2D eigenvalue weighted by molar-refractivity contribution is 7.26. The molecule has 26 heavy (non-hydrogen) atoms. The van der Waals surface area contributed by atoms with Gasteiger partial charge in [0.1, 0.15) is 0 Å². The highest BCUT2D eigenvalue weighted by Crippen LogP contribution is 2.44. The van der Waals surface area contributed by atoms with E-state index in [4.69, 9.17) is 11.6 Å². The van der Waals surface area contributed by atoms with Crippen molar-refractivity contribution < 1.29 is 0 Å². The van der Waals surface area contributed by atoms with Crippen LogP contribution in [0.4, 0.5) is 0 Å². The summed E-state index contributed by atoms with van der Waals surface area (Å²) in [6.45, 7) is 0. The topological polar surface area (TPSA) is 0 Å². The molecule has 0 spiro atoms. The van der Waals surface area contributed by atoms with Crippen LogP contribution in [0.5, 0.6) is 0 Å². The molecule has 124 valence electrons. The van der Waals surface area contributed by atoms with Crippen LogP contribution in [0.15, 0.2) is 91.0 Å². The fourth-order valence-electron chi connectivity index (χ4n) is 3.61. The maximum absolute atomic E-state index is 6.65. The van der Waals surface area contributed by atoms with Crippen molar-refractivity contribution in [2.24, 2.45) is 0 Å². The molecule has 0 amide bonds. The minimum Gasteiger partial charge on any atom is -0.135 e. The van der Waals surface area contributed by atoms with Crippen LogP contribution in [0.3, 0.4) is 0 Å². The summed E-state index contributed by atoms with van der Waals surface area (Å²) >= 11 is 8.50. The van der Waals surface area contributed by atoms with Crippen LogP contribution in [0.1, 0.15) is 0 Å². The first-order valence-corrected chi connectivity index (χ1v) is 9.77. The Morgan fingerprint density at radius 2 is 1.27 bits per heavy atom. The first-order chi connectivity index (χ1) is 12.8. The van der Waals surface area contributed by atoms with E-state index < -0.39 is 0 Å². The molecule has 0 N–H and O–H groups in total. The van der Waals surface area contributed by atoms with Crippen molar-refractivity contribution in [2.75, 3.05) is 0 Å². The van der Waals surface area contributed by atoms with Gasteiger partial charge in [0.25, 0.3) is 0 Å². The molecule has 0 atom stereocenters. The van der Waals surface area contributed by atoms with Gasteiger partial charge in [0.05, 0.1) is 0 Å². The van der Waals surface area contributed by atoms with E-state index in [-0.39, 0.29) is 0 Å². The molecule has 1 aromatic heterocycles. The fourth-order valence-corrected chi connectivity index (χ4v) is 5.12. The van der Waals surface area contributed by atoms with E-state index in [1.54, 1.807) is 0 Å². The van der Waals surface area contributed by atoms with Crippen LogP contribution >= 0.6 is 22.9 Å². The van der Waals surface area contributed by atoms with Gasteiger partial charge < -0.3 is 0 Å². The van der Waals surface area contributed by atoms with Gasteiger partial charge in [-0.05, 0) is 23.3 Å². The zero-order chi connectivity index (χ0) is 17.5. The van der Waals surface area contributed by atoms with Crippen molar-refractivity contribution in [1.82, 2.24) is 0 Å². The molecule has 0 fully saturated rings. The molecule has 0 aliphatic rings. The van der Waals surface area contributed by atoms with Crippen molar-refractivity contribution in [1.29, 1.82) is 0 Å². The molecule has 0 bridgehead atoms. The maximum Gasteiger partial charge on any atom is 0.0490 e.